The van der Waals surface area contributed by atoms with Gasteiger partial charge in [-0.25, -0.2) is 9.59 Å². The molecule has 0 unspecified atom stereocenters. The minimum Gasteiger partial charge on any atom is -0.506 e. The number of ether oxygens (including phenoxy) is 1. The number of rotatable bonds is 6. The Balaban J connectivity index is 1.88. The monoisotopic (exact) mass is 425 g/mol. The Labute approximate surface area is 177 Å². The molecule has 0 saturated heterocycles. The van der Waals surface area contributed by atoms with E-state index >= 15 is 0 Å². The van der Waals surface area contributed by atoms with E-state index in [1.165, 1.54) is 13.1 Å². The molecule has 9 nitrogen and oxygen atoms in total. The van der Waals surface area contributed by atoms with Crippen molar-refractivity contribution in [1.82, 2.24) is 9.13 Å². The van der Waals surface area contributed by atoms with Crippen LogP contribution in [0, 0.1) is 5.92 Å². The Morgan fingerprint density at radius 2 is 1.81 bits per heavy atom. The van der Waals surface area contributed by atoms with Crippen molar-refractivity contribution in [2.24, 2.45) is 13.0 Å². The molecule has 0 amide bonds. The van der Waals surface area contributed by atoms with Crippen molar-refractivity contribution in [3.05, 3.63) is 68.4 Å². The van der Waals surface area contributed by atoms with E-state index in [0.29, 0.717) is 5.39 Å². The third-order valence-electron chi connectivity index (χ3n) is 4.86. The van der Waals surface area contributed by atoms with Gasteiger partial charge >= 0.3 is 11.7 Å². The summed E-state index contributed by atoms with van der Waals surface area (Å²) < 4.78 is 6.98. The number of Topliss-reactive ketones (excluding diaryl/α,β-unsaturated/α-hetero) is 1. The maximum atomic E-state index is 12.7. The standard InChI is InChI=1S/C22H23N3O6/c1-12(2)10-25-19(23)17(20(28)24(3)22(25)30)16(26)11-31-21(29)15-9-8-13-6-4-5-7-14(13)18(15)27/h4-9,12,27H,10-11,23H2,1-3H3. The number of carbonyl (C=O) groups excluding carboxylic acids is 2. The van der Waals surface area contributed by atoms with Crippen molar-refractivity contribution in [1.29, 1.82) is 0 Å². The highest BCUT2D eigenvalue weighted by molar-refractivity contribution is 6.04. The van der Waals surface area contributed by atoms with Gasteiger partial charge in [-0.05, 0) is 17.4 Å². The number of benzene rings is 2. The number of hydrogen-bond donors (Lipinski definition) is 2. The second kappa shape index (κ2) is 8.47. The molecule has 0 aliphatic carbocycles. The zero-order chi connectivity index (χ0) is 22.9. The molecule has 0 aliphatic heterocycles. The summed E-state index contributed by atoms with van der Waals surface area (Å²) in [4.78, 5) is 49.9. The van der Waals surface area contributed by atoms with Gasteiger partial charge in [0.25, 0.3) is 5.56 Å². The van der Waals surface area contributed by atoms with Crippen molar-refractivity contribution in [3.8, 4) is 5.75 Å². The number of nitrogens with two attached hydrogens (primary N) is 1. The summed E-state index contributed by atoms with van der Waals surface area (Å²) in [5, 5.41) is 11.6. The fourth-order valence-corrected chi connectivity index (χ4v) is 3.29. The molecule has 31 heavy (non-hydrogen) atoms. The van der Waals surface area contributed by atoms with Crippen LogP contribution in [-0.2, 0) is 18.3 Å². The Hall–Kier alpha value is -3.88. The molecule has 1 aromatic heterocycles. The summed E-state index contributed by atoms with van der Waals surface area (Å²) in [6.07, 6.45) is 0. The zero-order valence-corrected chi connectivity index (χ0v) is 17.4. The smallest absolute Gasteiger partial charge is 0.342 e. The number of esters is 1. The number of phenolic OH excluding ortho intramolecular Hbond substituents is 1. The van der Waals surface area contributed by atoms with E-state index < -0.39 is 35.2 Å². The van der Waals surface area contributed by atoms with Gasteiger partial charge in [-0.1, -0.05) is 44.2 Å². The SMILES string of the molecule is CC(C)Cn1c(N)c(C(=O)COC(=O)c2ccc3ccccc3c2O)c(=O)n(C)c1=O. The molecule has 0 atom stereocenters. The highest BCUT2D eigenvalue weighted by Gasteiger charge is 2.24. The maximum absolute atomic E-state index is 12.7. The number of nitrogen functional groups attached to an aromatic ring is 1. The van der Waals surface area contributed by atoms with E-state index in [1.807, 2.05) is 13.8 Å². The molecular formula is C22H23N3O6. The molecule has 1 heterocycles. The van der Waals surface area contributed by atoms with Gasteiger partial charge in [0.2, 0.25) is 5.78 Å². The third-order valence-corrected chi connectivity index (χ3v) is 4.86. The van der Waals surface area contributed by atoms with Crippen LogP contribution in [0.25, 0.3) is 10.8 Å². The van der Waals surface area contributed by atoms with Gasteiger partial charge in [-0.2, -0.15) is 0 Å². The lowest BCUT2D eigenvalue weighted by Crippen LogP contribution is -2.43. The van der Waals surface area contributed by atoms with Gasteiger partial charge < -0.3 is 15.6 Å². The molecule has 3 N–H and O–H groups in total. The topological polar surface area (TPSA) is 134 Å². The van der Waals surface area contributed by atoms with Crippen LogP contribution in [0.2, 0.25) is 0 Å². The molecule has 0 bridgehead atoms. The average Bonchev–Trinajstić information content (AvgIpc) is 2.74. The fourth-order valence-electron chi connectivity index (χ4n) is 3.29. The van der Waals surface area contributed by atoms with Gasteiger partial charge in [0.15, 0.2) is 6.61 Å². The molecule has 2 aromatic carbocycles. The number of phenols is 1. The van der Waals surface area contributed by atoms with E-state index in [4.69, 9.17) is 10.5 Å². The Kier molecular flexibility index (Phi) is 5.96. The summed E-state index contributed by atoms with van der Waals surface area (Å²) in [7, 11) is 1.25. The van der Waals surface area contributed by atoms with Crippen LogP contribution in [0.5, 0.6) is 5.75 Å². The molecular weight excluding hydrogens is 402 g/mol. The van der Waals surface area contributed by atoms with Gasteiger partial charge in [0.05, 0.1) is 0 Å². The predicted octanol–water partition coefficient (Wildman–Crippen LogP) is 1.68. The number of fused-ring (bicyclic) bond motifs is 1. The fraction of sp³-hybridized carbons (Fsp3) is 0.273. The number of aromatic nitrogens is 2. The molecule has 3 rings (SSSR count). The van der Waals surface area contributed by atoms with Crippen LogP contribution in [0.3, 0.4) is 0 Å². The lowest BCUT2D eigenvalue weighted by molar-refractivity contribution is 0.0471. The van der Waals surface area contributed by atoms with Gasteiger partial charge in [-0.15, -0.1) is 0 Å². The first-order valence-corrected chi connectivity index (χ1v) is 9.63. The van der Waals surface area contributed by atoms with E-state index in [-0.39, 0.29) is 29.6 Å². The minimum atomic E-state index is -0.928. The van der Waals surface area contributed by atoms with Crippen molar-refractivity contribution < 1.29 is 19.4 Å². The summed E-state index contributed by atoms with van der Waals surface area (Å²) >= 11 is 0. The van der Waals surface area contributed by atoms with Crippen LogP contribution >= 0.6 is 0 Å². The summed E-state index contributed by atoms with van der Waals surface area (Å²) in [6.45, 7) is 3.15. The number of carbonyl (C=O) groups is 2. The first-order valence-electron chi connectivity index (χ1n) is 9.63. The second-order valence-corrected chi connectivity index (χ2v) is 7.59. The highest BCUT2D eigenvalue weighted by Crippen LogP contribution is 2.29. The van der Waals surface area contributed by atoms with E-state index in [0.717, 1.165) is 14.5 Å². The van der Waals surface area contributed by atoms with Crippen LogP contribution < -0.4 is 17.0 Å². The molecule has 162 valence electrons. The Morgan fingerprint density at radius 3 is 2.48 bits per heavy atom. The number of aromatic hydroxyl groups is 1. The molecule has 0 aliphatic rings. The van der Waals surface area contributed by atoms with Crippen LogP contribution in [0.15, 0.2) is 46.0 Å². The van der Waals surface area contributed by atoms with Crippen LogP contribution in [0.1, 0.15) is 34.6 Å². The Bertz CT molecular complexity index is 1300. The van der Waals surface area contributed by atoms with E-state index in [1.54, 1.807) is 30.3 Å². The first-order chi connectivity index (χ1) is 14.6. The molecule has 0 saturated carbocycles. The van der Waals surface area contributed by atoms with Gasteiger partial charge in [-0.3, -0.25) is 18.7 Å². The quantitative estimate of drug-likeness (QED) is 0.453. The molecule has 0 fully saturated rings. The number of hydrogen-bond acceptors (Lipinski definition) is 7. The molecule has 9 heteroatoms. The molecule has 0 spiro atoms. The summed E-state index contributed by atoms with van der Waals surface area (Å²) in [5.74, 6) is -2.27. The van der Waals surface area contributed by atoms with Crippen LogP contribution in [0.4, 0.5) is 5.82 Å². The third kappa shape index (κ3) is 4.07. The minimum absolute atomic E-state index is 0.0363. The van der Waals surface area contributed by atoms with Crippen molar-refractivity contribution >= 4 is 28.3 Å². The highest BCUT2D eigenvalue weighted by atomic mass is 16.5. The first kappa shape index (κ1) is 21.8. The lowest BCUT2D eigenvalue weighted by atomic mass is 10.1. The van der Waals surface area contributed by atoms with Crippen molar-refractivity contribution in [3.63, 3.8) is 0 Å². The zero-order valence-electron chi connectivity index (χ0n) is 17.4. The van der Waals surface area contributed by atoms with E-state index in [9.17, 15) is 24.3 Å². The summed E-state index contributed by atoms with van der Waals surface area (Å²) in [6, 6.07) is 9.96. The predicted molar refractivity (Wildman–Crippen MR) is 115 cm³/mol. The van der Waals surface area contributed by atoms with Crippen molar-refractivity contribution in [2.75, 3.05) is 12.3 Å². The number of ketones is 1. The number of nitrogens with zero attached hydrogens (tertiary/aromatic N) is 2. The van der Waals surface area contributed by atoms with Crippen molar-refractivity contribution in [2.45, 2.75) is 20.4 Å². The molecule has 3 aromatic rings. The van der Waals surface area contributed by atoms with Crippen LogP contribution in [-0.4, -0.2) is 32.6 Å². The largest absolute Gasteiger partial charge is 0.506 e. The van der Waals surface area contributed by atoms with E-state index in [2.05, 4.69) is 0 Å². The normalized spacial score (nSPS) is 11.1. The average molecular weight is 425 g/mol. The lowest BCUT2D eigenvalue weighted by Gasteiger charge is -2.16. The maximum Gasteiger partial charge on any atom is 0.342 e. The van der Waals surface area contributed by atoms with Gasteiger partial charge in [0, 0.05) is 19.0 Å². The molecule has 0 radical (unpaired) electrons. The van der Waals surface area contributed by atoms with Gasteiger partial charge in [0.1, 0.15) is 22.7 Å². The Morgan fingerprint density at radius 1 is 1.13 bits per heavy atom. The number of anilines is 1. The summed E-state index contributed by atoms with van der Waals surface area (Å²) in [5.41, 5.74) is 3.93. The second-order valence-electron chi connectivity index (χ2n) is 7.59.